The van der Waals surface area contributed by atoms with E-state index in [1.54, 1.807) is 44.4 Å². The van der Waals surface area contributed by atoms with E-state index in [1.165, 1.54) is 11.3 Å². The van der Waals surface area contributed by atoms with Crippen molar-refractivity contribution in [2.75, 3.05) is 6.61 Å². The number of nitrogens with zero attached hydrogens (tertiary/aromatic N) is 2. The predicted octanol–water partition coefficient (Wildman–Crippen LogP) is 4.05. The first-order chi connectivity index (χ1) is 11.1. The number of carbonyl (C=O) groups excluding carboxylic acids is 2. The van der Waals surface area contributed by atoms with Crippen LogP contribution in [0.3, 0.4) is 0 Å². The van der Waals surface area contributed by atoms with E-state index in [0.29, 0.717) is 20.4 Å². The van der Waals surface area contributed by atoms with Crippen LogP contribution in [0.5, 0.6) is 0 Å². The predicted molar refractivity (Wildman–Crippen MR) is 96.5 cm³/mol. The molecule has 0 radical (unpaired) electrons. The van der Waals surface area contributed by atoms with Crippen LogP contribution in [-0.2, 0) is 20.9 Å². The molecular formula is C16H18Cl2N2O3S. The molecule has 0 bridgehead atoms. The second kappa shape index (κ2) is 7.25. The molecule has 24 heavy (non-hydrogen) atoms. The van der Waals surface area contributed by atoms with Crippen molar-refractivity contribution < 1.29 is 14.3 Å². The molecule has 1 amide bonds. The highest BCUT2D eigenvalue weighted by molar-refractivity contribution is 7.16. The van der Waals surface area contributed by atoms with Gasteiger partial charge in [0.05, 0.1) is 21.8 Å². The zero-order valence-corrected chi connectivity index (χ0v) is 16.2. The molecule has 0 aliphatic rings. The maximum Gasteiger partial charge on any atom is 0.326 e. The Kier molecular flexibility index (Phi) is 5.73. The minimum atomic E-state index is -0.626. The van der Waals surface area contributed by atoms with Gasteiger partial charge in [0.1, 0.15) is 6.54 Å². The second-order valence-electron chi connectivity index (χ2n) is 6.18. The SMILES string of the molecule is CCOC(=O)Cn1c(=NC(=O)C(C)(C)C)sc2cc(Cl)cc(Cl)c21. The third-order valence-electron chi connectivity index (χ3n) is 3.13. The quantitative estimate of drug-likeness (QED) is 0.745. The van der Waals surface area contributed by atoms with E-state index in [2.05, 4.69) is 4.99 Å². The highest BCUT2D eigenvalue weighted by atomic mass is 35.5. The molecule has 0 atom stereocenters. The van der Waals surface area contributed by atoms with Gasteiger partial charge in [-0.25, -0.2) is 0 Å². The fourth-order valence-electron chi connectivity index (χ4n) is 1.95. The fraction of sp³-hybridized carbons (Fsp3) is 0.438. The molecular weight excluding hydrogens is 371 g/mol. The monoisotopic (exact) mass is 388 g/mol. The van der Waals surface area contributed by atoms with Crippen LogP contribution in [0.1, 0.15) is 27.7 Å². The normalized spacial score (nSPS) is 12.7. The van der Waals surface area contributed by atoms with Crippen molar-refractivity contribution in [3.63, 3.8) is 0 Å². The van der Waals surface area contributed by atoms with Crippen LogP contribution in [-0.4, -0.2) is 23.1 Å². The van der Waals surface area contributed by atoms with E-state index >= 15 is 0 Å². The lowest BCUT2D eigenvalue weighted by Crippen LogP contribution is -2.26. The summed E-state index contributed by atoms with van der Waals surface area (Å²) in [7, 11) is 0. The summed E-state index contributed by atoms with van der Waals surface area (Å²) >= 11 is 13.6. The summed E-state index contributed by atoms with van der Waals surface area (Å²) < 4.78 is 7.35. The molecule has 1 heterocycles. The summed E-state index contributed by atoms with van der Waals surface area (Å²) in [4.78, 5) is 28.8. The molecule has 8 heteroatoms. The molecule has 2 rings (SSSR count). The standard InChI is InChI=1S/C16H18Cl2N2O3S/c1-5-23-12(21)8-20-13-10(18)6-9(17)7-11(13)24-15(20)19-14(22)16(2,3)4/h6-7H,5,8H2,1-4H3. The third kappa shape index (κ3) is 4.18. The minimum absolute atomic E-state index is 0.0779. The Labute approximate surface area is 153 Å². The van der Waals surface area contributed by atoms with Gasteiger partial charge in [0.15, 0.2) is 4.80 Å². The highest BCUT2D eigenvalue weighted by Gasteiger charge is 2.22. The van der Waals surface area contributed by atoms with Gasteiger partial charge in [0.25, 0.3) is 5.91 Å². The number of hydrogen-bond acceptors (Lipinski definition) is 4. The molecule has 130 valence electrons. The Hall–Kier alpha value is -1.37. The smallest absolute Gasteiger partial charge is 0.326 e. The lowest BCUT2D eigenvalue weighted by molar-refractivity contribution is -0.143. The van der Waals surface area contributed by atoms with Gasteiger partial charge in [0, 0.05) is 10.4 Å². The Morgan fingerprint density at radius 2 is 1.96 bits per heavy atom. The minimum Gasteiger partial charge on any atom is -0.465 e. The molecule has 0 N–H and O–H groups in total. The maximum absolute atomic E-state index is 12.3. The Morgan fingerprint density at radius 1 is 1.29 bits per heavy atom. The summed E-state index contributed by atoms with van der Waals surface area (Å²) in [5, 5.41) is 0.869. The highest BCUT2D eigenvalue weighted by Crippen LogP contribution is 2.30. The number of hydrogen-bond donors (Lipinski definition) is 0. The third-order valence-corrected chi connectivity index (χ3v) is 4.66. The van der Waals surface area contributed by atoms with Crippen LogP contribution in [0.15, 0.2) is 17.1 Å². The van der Waals surface area contributed by atoms with Crippen LogP contribution in [0.2, 0.25) is 10.0 Å². The van der Waals surface area contributed by atoms with Crippen LogP contribution in [0, 0.1) is 5.41 Å². The lowest BCUT2D eigenvalue weighted by atomic mass is 9.96. The van der Waals surface area contributed by atoms with E-state index in [1.807, 2.05) is 0 Å². The van der Waals surface area contributed by atoms with Gasteiger partial charge in [-0.05, 0) is 19.1 Å². The van der Waals surface area contributed by atoms with E-state index in [9.17, 15) is 9.59 Å². The van der Waals surface area contributed by atoms with Crippen LogP contribution in [0.25, 0.3) is 10.2 Å². The van der Waals surface area contributed by atoms with Crippen molar-refractivity contribution in [1.29, 1.82) is 0 Å². The number of ether oxygens (including phenoxy) is 1. The molecule has 2 aromatic rings. The molecule has 0 saturated heterocycles. The number of thiazole rings is 1. The molecule has 0 fully saturated rings. The average Bonchev–Trinajstić information content (AvgIpc) is 2.75. The first kappa shape index (κ1) is 19.0. The average molecular weight is 389 g/mol. The van der Waals surface area contributed by atoms with Gasteiger partial charge in [-0.15, -0.1) is 0 Å². The van der Waals surface area contributed by atoms with Crippen molar-refractivity contribution in [2.24, 2.45) is 10.4 Å². The largest absolute Gasteiger partial charge is 0.465 e. The van der Waals surface area contributed by atoms with E-state index < -0.39 is 11.4 Å². The molecule has 0 aliphatic heterocycles. The van der Waals surface area contributed by atoms with Crippen molar-refractivity contribution in [2.45, 2.75) is 34.2 Å². The van der Waals surface area contributed by atoms with Crippen LogP contribution >= 0.6 is 34.5 Å². The summed E-state index contributed by atoms with van der Waals surface area (Å²) in [6.07, 6.45) is 0. The molecule has 0 spiro atoms. The first-order valence-electron chi connectivity index (χ1n) is 7.36. The van der Waals surface area contributed by atoms with Gasteiger partial charge in [0.2, 0.25) is 0 Å². The fourth-order valence-corrected chi connectivity index (χ4v) is 3.76. The van der Waals surface area contributed by atoms with E-state index in [-0.39, 0.29) is 19.1 Å². The van der Waals surface area contributed by atoms with Crippen LogP contribution in [0.4, 0.5) is 0 Å². The number of rotatable bonds is 3. The van der Waals surface area contributed by atoms with Gasteiger partial charge in [-0.1, -0.05) is 55.3 Å². The Bertz CT molecular complexity index is 863. The number of halogens is 2. The first-order valence-corrected chi connectivity index (χ1v) is 8.94. The van der Waals surface area contributed by atoms with Crippen molar-refractivity contribution >= 4 is 56.6 Å². The van der Waals surface area contributed by atoms with Gasteiger partial charge < -0.3 is 9.30 Å². The molecule has 0 aliphatic carbocycles. The van der Waals surface area contributed by atoms with Gasteiger partial charge >= 0.3 is 5.97 Å². The number of benzene rings is 1. The van der Waals surface area contributed by atoms with Crippen LogP contribution < -0.4 is 4.80 Å². The second-order valence-corrected chi connectivity index (χ2v) is 8.03. The summed E-state index contributed by atoms with van der Waals surface area (Å²) in [5.74, 6) is -0.707. The zero-order valence-electron chi connectivity index (χ0n) is 13.9. The van der Waals surface area contributed by atoms with Gasteiger partial charge in [-0.2, -0.15) is 4.99 Å². The Morgan fingerprint density at radius 3 is 2.54 bits per heavy atom. The molecule has 1 aromatic heterocycles. The number of esters is 1. The molecule has 0 unspecified atom stereocenters. The zero-order chi connectivity index (χ0) is 18.1. The Balaban J connectivity index is 2.69. The van der Waals surface area contributed by atoms with Crippen molar-refractivity contribution in [3.8, 4) is 0 Å². The summed E-state index contributed by atoms with van der Waals surface area (Å²) in [6, 6.07) is 3.32. The molecule has 0 saturated carbocycles. The van der Waals surface area contributed by atoms with E-state index in [0.717, 1.165) is 4.70 Å². The summed E-state index contributed by atoms with van der Waals surface area (Å²) in [6.45, 7) is 7.28. The number of fused-ring (bicyclic) bond motifs is 1. The number of carbonyl (C=O) groups is 2. The van der Waals surface area contributed by atoms with E-state index in [4.69, 9.17) is 27.9 Å². The molecule has 5 nitrogen and oxygen atoms in total. The van der Waals surface area contributed by atoms with Crippen molar-refractivity contribution in [3.05, 3.63) is 27.0 Å². The maximum atomic E-state index is 12.3. The van der Waals surface area contributed by atoms with Gasteiger partial charge in [-0.3, -0.25) is 9.59 Å². The number of amides is 1. The van der Waals surface area contributed by atoms with Crippen molar-refractivity contribution in [1.82, 2.24) is 4.57 Å². The topological polar surface area (TPSA) is 60.7 Å². The summed E-state index contributed by atoms with van der Waals surface area (Å²) in [5.41, 5.74) is -0.0149. The number of aromatic nitrogens is 1. The molecule has 1 aromatic carbocycles. The lowest BCUT2D eigenvalue weighted by Gasteiger charge is -2.12.